The summed E-state index contributed by atoms with van der Waals surface area (Å²) in [7, 11) is 0. The summed E-state index contributed by atoms with van der Waals surface area (Å²) in [5, 5.41) is 2.63. The number of rotatable bonds is 4. The van der Waals surface area contributed by atoms with Crippen molar-refractivity contribution in [1.29, 1.82) is 0 Å². The lowest BCUT2D eigenvalue weighted by Crippen LogP contribution is -2.13. The Bertz CT molecular complexity index is 626. The molecule has 2 aromatic rings. The third-order valence-electron chi connectivity index (χ3n) is 4.87. The van der Waals surface area contributed by atoms with Gasteiger partial charge < -0.3 is 0 Å². The van der Waals surface area contributed by atoms with E-state index in [1.165, 1.54) is 54.9 Å². The zero-order chi connectivity index (χ0) is 14.5. The van der Waals surface area contributed by atoms with Crippen LogP contribution >= 0.6 is 0 Å². The van der Waals surface area contributed by atoms with Gasteiger partial charge in [0, 0.05) is 5.92 Å². The van der Waals surface area contributed by atoms with E-state index in [4.69, 9.17) is 6.42 Å². The van der Waals surface area contributed by atoms with Gasteiger partial charge in [0.05, 0.1) is 0 Å². The van der Waals surface area contributed by atoms with Gasteiger partial charge in [-0.15, -0.1) is 12.3 Å². The SMILES string of the molecule is C#CC(Cc1ccc2ccccc2c1)CC1CCCCC1. The third-order valence-corrected chi connectivity index (χ3v) is 4.87. The standard InChI is InChI=1S/C21H24/c1-2-17(14-18-8-4-3-5-9-18)15-19-12-13-20-10-6-7-11-21(20)16-19/h1,6-7,10-13,16-18H,3-5,8-9,14-15H2. The molecule has 1 saturated carbocycles. The molecule has 1 unspecified atom stereocenters. The molecule has 0 amide bonds. The monoisotopic (exact) mass is 276 g/mol. The molecule has 1 aliphatic rings. The summed E-state index contributed by atoms with van der Waals surface area (Å²) >= 11 is 0. The van der Waals surface area contributed by atoms with Crippen molar-refractivity contribution in [1.82, 2.24) is 0 Å². The summed E-state index contributed by atoms with van der Waals surface area (Å²) in [6.07, 6.45) is 15.0. The Morgan fingerprint density at radius 2 is 1.76 bits per heavy atom. The fraction of sp³-hybridized carbons (Fsp3) is 0.429. The van der Waals surface area contributed by atoms with Gasteiger partial charge in [0.2, 0.25) is 0 Å². The molecular weight excluding hydrogens is 252 g/mol. The van der Waals surface area contributed by atoms with Crippen LogP contribution in [0.1, 0.15) is 44.1 Å². The van der Waals surface area contributed by atoms with Gasteiger partial charge in [0.15, 0.2) is 0 Å². The van der Waals surface area contributed by atoms with Crippen molar-refractivity contribution in [2.24, 2.45) is 11.8 Å². The van der Waals surface area contributed by atoms with E-state index in [-0.39, 0.29) is 0 Å². The van der Waals surface area contributed by atoms with Gasteiger partial charge in [-0.1, -0.05) is 74.6 Å². The fourth-order valence-corrected chi connectivity index (χ4v) is 3.69. The van der Waals surface area contributed by atoms with E-state index in [0.717, 1.165) is 12.3 Å². The first-order valence-electron chi connectivity index (χ1n) is 8.29. The summed E-state index contributed by atoms with van der Waals surface area (Å²) in [4.78, 5) is 0. The number of hydrogen-bond donors (Lipinski definition) is 0. The van der Waals surface area contributed by atoms with Gasteiger partial charge in [0.1, 0.15) is 0 Å². The van der Waals surface area contributed by atoms with E-state index < -0.39 is 0 Å². The van der Waals surface area contributed by atoms with Crippen molar-refractivity contribution in [2.45, 2.75) is 44.9 Å². The van der Waals surface area contributed by atoms with Gasteiger partial charge in [-0.3, -0.25) is 0 Å². The Balaban J connectivity index is 1.68. The molecule has 0 heterocycles. The summed E-state index contributed by atoms with van der Waals surface area (Å²) < 4.78 is 0. The van der Waals surface area contributed by atoms with Crippen LogP contribution in [0.2, 0.25) is 0 Å². The van der Waals surface area contributed by atoms with Crippen LogP contribution in [0, 0.1) is 24.2 Å². The van der Waals surface area contributed by atoms with Crippen LogP contribution in [0.4, 0.5) is 0 Å². The maximum absolute atomic E-state index is 5.80. The number of hydrogen-bond acceptors (Lipinski definition) is 0. The Kier molecular flexibility index (Phi) is 4.61. The summed E-state index contributed by atoms with van der Waals surface area (Å²) in [5.74, 6) is 4.30. The maximum atomic E-state index is 5.80. The van der Waals surface area contributed by atoms with Crippen LogP contribution in [0.3, 0.4) is 0 Å². The first-order chi connectivity index (χ1) is 10.3. The summed E-state index contributed by atoms with van der Waals surface area (Å²) in [6.45, 7) is 0. The highest BCUT2D eigenvalue weighted by molar-refractivity contribution is 5.82. The molecule has 0 heteroatoms. The van der Waals surface area contributed by atoms with Gasteiger partial charge in [-0.25, -0.2) is 0 Å². The second-order valence-corrected chi connectivity index (χ2v) is 6.49. The van der Waals surface area contributed by atoms with Gasteiger partial charge in [0.25, 0.3) is 0 Å². The first kappa shape index (κ1) is 14.2. The Morgan fingerprint density at radius 1 is 1.00 bits per heavy atom. The van der Waals surface area contributed by atoms with Gasteiger partial charge >= 0.3 is 0 Å². The molecule has 1 aliphatic carbocycles. The van der Waals surface area contributed by atoms with E-state index in [1.807, 2.05) is 0 Å². The van der Waals surface area contributed by atoms with Crippen LogP contribution in [0.15, 0.2) is 42.5 Å². The molecule has 0 spiro atoms. The van der Waals surface area contributed by atoms with Crippen LogP contribution in [-0.4, -0.2) is 0 Å². The van der Waals surface area contributed by atoms with E-state index in [1.54, 1.807) is 0 Å². The van der Waals surface area contributed by atoms with Crippen LogP contribution in [-0.2, 0) is 6.42 Å². The zero-order valence-electron chi connectivity index (χ0n) is 12.7. The number of terminal acetylenes is 1. The number of fused-ring (bicyclic) bond motifs is 1. The van der Waals surface area contributed by atoms with Crippen LogP contribution in [0.5, 0.6) is 0 Å². The lowest BCUT2D eigenvalue weighted by molar-refractivity contribution is 0.311. The van der Waals surface area contributed by atoms with Crippen molar-refractivity contribution in [3.8, 4) is 12.3 Å². The normalized spacial score (nSPS) is 17.5. The molecule has 3 rings (SSSR count). The van der Waals surface area contributed by atoms with E-state index >= 15 is 0 Å². The van der Waals surface area contributed by atoms with Gasteiger partial charge in [-0.2, -0.15) is 0 Å². The van der Waals surface area contributed by atoms with E-state index in [9.17, 15) is 0 Å². The van der Waals surface area contributed by atoms with Crippen LogP contribution in [0.25, 0.3) is 10.8 Å². The molecule has 0 bridgehead atoms. The van der Waals surface area contributed by atoms with Crippen molar-refractivity contribution in [3.05, 3.63) is 48.0 Å². The summed E-state index contributed by atoms with van der Waals surface area (Å²) in [6, 6.07) is 15.3. The summed E-state index contributed by atoms with van der Waals surface area (Å²) in [5.41, 5.74) is 1.38. The molecule has 1 atom stereocenters. The highest BCUT2D eigenvalue weighted by Gasteiger charge is 2.18. The minimum atomic E-state index is 0.397. The smallest absolute Gasteiger partial charge is 0.0243 e. The fourth-order valence-electron chi connectivity index (χ4n) is 3.69. The van der Waals surface area contributed by atoms with Gasteiger partial charge in [-0.05, 0) is 35.1 Å². The predicted octanol–water partition coefficient (Wildman–Crippen LogP) is 5.60. The minimum Gasteiger partial charge on any atom is -0.120 e. The molecule has 1 fully saturated rings. The van der Waals surface area contributed by atoms with Crippen LogP contribution < -0.4 is 0 Å². The third kappa shape index (κ3) is 3.67. The second kappa shape index (κ2) is 6.81. The molecule has 0 saturated heterocycles. The van der Waals surface area contributed by atoms with E-state index in [2.05, 4.69) is 48.4 Å². The second-order valence-electron chi connectivity index (χ2n) is 6.49. The molecule has 2 aromatic carbocycles. The molecular formula is C21H24. The minimum absolute atomic E-state index is 0.397. The average molecular weight is 276 g/mol. The number of benzene rings is 2. The van der Waals surface area contributed by atoms with Crippen molar-refractivity contribution in [3.63, 3.8) is 0 Å². The highest BCUT2D eigenvalue weighted by atomic mass is 14.2. The van der Waals surface area contributed by atoms with Crippen molar-refractivity contribution < 1.29 is 0 Å². The van der Waals surface area contributed by atoms with E-state index in [0.29, 0.717) is 5.92 Å². The van der Waals surface area contributed by atoms with Crippen molar-refractivity contribution in [2.75, 3.05) is 0 Å². The molecule has 0 N–H and O–H groups in total. The molecule has 0 aliphatic heterocycles. The Morgan fingerprint density at radius 3 is 2.52 bits per heavy atom. The zero-order valence-corrected chi connectivity index (χ0v) is 12.7. The lowest BCUT2D eigenvalue weighted by atomic mass is 9.81. The first-order valence-corrected chi connectivity index (χ1v) is 8.29. The topological polar surface area (TPSA) is 0 Å². The Labute approximate surface area is 128 Å². The molecule has 21 heavy (non-hydrogen) atoms. The van der Waals surface area contributed by atoms with Crippen molar-refractivity contribution >= 4 is 10.8 Å². The highest BCUT2D eigenvalue weighted by Crippen LogP contribution is 2.30. The molecule has 0 aromatic heterocycles. The largest absolute Gasteiger partial charge is 0.120 e. The lowest BCUT2D eigenvalue weighted by Gasteiger charge is -2.24. The molecule has 0 nitrogen and oxygen atoms in total. The quantitative estimate of drug-likeness (QED) is 0.637. The Hall–Kier alpha value is -1.74. The predicted molar refractivity (Wildman–Crippen MR) is 91.2 cm³/mol. The molecule has 108 valence electrons. The molecule has 0 radical (unpaired) electrons. The average Bonchev–Trinajstić information content (AvgIpc) is 2.55. The maximum Gasteiger partial charge on any atom is 0.0243 e.